The summed E-state index contributed by atoms with van der Waals surface area (Å²) in [5.41, 5.74) is 1.52. The molecule has 9 heteroatoms. The van der Waals surface area contributed by atoms with Gasteiger partial charge in [-0.25, -0.2) is 14.6 Å². The third-order valence-corrected chi connectivity index (χ3v) is 4.36. The van der Waals surface area contributed by atoms with Crippen LogP contribution in [0.4, 0.5) is 5.82 Å². The maximum absolute atomic E-state index is 12.1. The average molecular weight is 389 g/mol. The number of ether oxygens (including phenoxy) is 1. The minimum Gasteiger partial charge on any atom is -0.383 e. The third-order valence-electron chi connectivity index (χ3n) is 3.99. The zero-order chi connectivity index (χ0) is 19.1. The number of hydrogen-bond acceptors (Lipinski definition) is 6. The highest BCUT2D eigenvalue weighted by molar-refractivity contribution is 6.31. The fraction of sp³-hybridized carbons (Fsp3) is 0.333. The van der Waals surface area contributed by atoms with Crippen LogP contribution in [0.1, 0.15) is 5.56 Å². The van der Waals surface area contributed by atoms with Crippen molar-refractivity contribution in [3.8, 4) is 0 Å². The van der Waals surface area contributed by atoms with Gasteiger partial charge in [-0.05, 0) is 11.6 Å². The van der Waals surface area contributed by atoms with E-state index in [4.69, 9.17) is 16.3 Å². The van der Waals surface area contributed by atoms with Crippen molar-refractivity contribution in [1.82, 2.24) is 25.1 Å². The number of hydrogen-bond donors (Lipinski definition) is 2. The van der Waals surface area contributed by atoms with Crippen LogP contribution in [0.5, 0.6) is 0 Å². The number of carbonyl (C=O) groups is 1. The standard InChI is InChI=1S/C18H21ClN6O2/c1-27-9-7-21-17-14-11-24-25(18(14)23-12-22-17)8-6-20-16(26)10-13-4-2-3-5-15(13)19/h2-5,11-12H,6-10H2,1H3,(H,20,26)(H,21,22,23). The Hall–Kier alpha value is -2.71. The summed E-state index contributed by atoms with van der Waals surface area (Å²) in [6, 6.07) is 7.32. The van der Waals surface area contributed by atoms with Crippen LogP contribution in [0.3, 0.4) is 0 Å². The van der Waals surface area contributed by atoms with Gasteiger partial charge in [0.05, 0.1) is 31.2 Å². The number of nitrogens with one attached hydrogen (secondary N) is 2. The first-order chi connectivity index (χ1) is 13.2. The van der Waals surface area contributed by atoms with Crippen LogP contribution in [0.25, 0.3) is 11.0 Å². The zero-order valence-electron chi connectivity index (χ0n) is 15.0. The molecule has 0 radical (unpaired) electrons. The number of nitrogens with zero attached hydrogens (tertiary/aromatic N) is 4. The molecule has 2 aromatic heterocycles. The summed E-state index contributed by atoms with van der Waals surface area (Å²) >= 11 is 6.09. The molecule has 0 aliphatic carbocycles. The lowest BCUT2D eigenvalue weighted by Gasteiger charge is -2.08. The Morgan fingerprint density at radius 3 is 2.93 bits per heavy atom. The number of carbonyl (C=O) groups excluding carboxylic acids is 1. The van der Waals surface area contributed by atoms with Gasteiger partial charge in [0.1, 0.15) is 12.1 Å². The van der Waals surface area contributed by atoms with E-state index in [1.807, 2.05) is 18.2 Å². The zero-order valence-corrected chi connectivity index (χ0v) is 15.7. The first-order valence-electron chi connectivity index (χ1n) is 8.58. The summed E-state index contributed by atoms with van der Waals surface area (Å²) < 4.78 is 6.78. The monoisotopic (exact) mass is 388 g/mol. The summed E-state index contributed by atoms with van der Waals surface area (Å²) in [4.78, 5) is 20.6. The first kappa shape index (κ1) is 19.1. The van der Waals surface area contributed by atoms with E-state index in [0.29, 0.717) is 42.7 Å². The molecule has 27 heavy (non-hydrogen) atoms. The molecule has 0 fully saturated rings. The molecule has 142 valence electrons. The molecule has 0 bridgehead atoms. The summed E-state index contributed by atoms with van der Waals surface area (Å²) in [5.74, 6) is 0.627. The molecule has 0 atom stereocenters. The Morgan fingerprint density at radius 1 is 1.26 bits per heavy atom. The fourth-order valence-corrected chi connectivity index (χ4v) is 2.85. The summed E-state index contributed by atoms with van der Waals surface area (Å²) in [6.07, 6.45) is 3.46. The van der Waals surface area contributed by atoms with Gasteiger partial charge >= 0.3 is 0 Å². The number of anilines is 1. The van der Waals surface area contributed by atoms with E-state index in [2.05, 4.69) is 25.7 Å². The molecule has 3 aromatic rings. The van der Waals surface area contributed by atoms with Gasteiger partial charge < -0.3 is 15.4 Å². The molecule has 0 unspecified atom stereocenters. The predicted molar refractivity (Wildman–Crippen MR) is 104 cm³/mol. The summed E-state index contributed by atoms with van der Waals surface area (Å²) in [7, 11) is 1.65. The maximum atomic E-state index is 12.1. The molecule has 0 saturated heterocycles. The van der Waals surface area contributed by atoms with Crippen molar-refractivity contribution >= 4 is 34.4 Å². The van der Waals surface area contributed by atoms with Gasteiger partial charge in [0, 0.05) is 25.2 Å². The lowest BCUT2D eigenvalue weighted by atomic mass is 10.1. The van der Waals surface area contributed by atoms with Crippen molar-refractivity contribution in [3.63, 3.8) is 0 Å². The number of methoxy groups -OCH3 is 1. The molecular weight excluding hydrogens is 368 g/mol. The van der Waals surface area contributed by atoms with Crippen LogP contribution in [0.15, 0.2) is 36.8 Å². The highest BCUT2D eigenvalue weighted by atomic mass is 35.5. The topological polar surface area (TPSA) is 94.0 Å². The number of amides is 1. The van der Waals surface area contributed by atoms with Crippen molar-refractivity contribution in [2.75, 3.05) is 32.1 Å². The van der Waals surface area contributed by atoms with Crippen LogP contribution in [0.2, 0.25) is 5.02 Å². The number of fused-ring (bicyclic) bond motifs is 1. The van der Waals surface area contributed by atoms with Crippen LogP contribution >= 0.6 is 11.6 Å². The minimum absolute atomic E-state index is 0.0869. The van der Waals surface area contributed by atoms with Gasteiger partial charge in [-0.15, -0.1) is 0 Å². The SMILES string of the molecule is COCCNc1ncnc2c1cnn2CCNC(=O)Cc1ccccc1Cl. The number of benzene rings is 1. The van der Waals surface area contributed by atoms with Crippen molar-refractivity contribution in [2.45, 2.75) is 13.0 Å². The van der Waals surface area contributed by atoms with Gasteiger partial charge in [-0.3, -0.25) is 4.79 Å². The van der Waals surface area contributed by atoms with E-state index in [-0.39, 0.29) is 12.3 Å². The number of aromatic nitrogens is 4. The normalized spacial score (nSPS) is 10.9. The molecule has 0 aliphatic rings. The van der Waals surface area contributed by atoms with E-state index in [9.17, 15) is 4.79 Å². The van der Waals surface area contributed by atoms with Crippen molar-refractivity contribution in [2.24, 2.45) is 0 Å². The largest absolute Gasteiger partial charge is 0.383 e. The van der Waals surface area contributed by atoms with Gasteiger partial charge in [-0.2, -0.15) is 5.10 Å². The van der Waals surface area contributed by atoms with Gasteiger partial charge in [0.25, 0.3) is 0 Å². The summed E-state index contributed by atoms with van der Waals surface area (Å²) in [6.45, 7) is 2.17. The molecule has 1 amide bonds. The first-order valence-corrected chi connectivity index (χ1v) is 8.96. The molecule has 3 rings (SSSR count). The van der Waals surface area contributed by atoms with E-state index < -0.39 is 0 Å². The molecular formula is C18H21ClN6O2. The number of rotatable bonds is 9. The van der Waals surface area contributed by atoms with Crippen molar-refractivity contribution in [1.29, 1.82) is 0 Å². The molecule has 0 saturated carbocycles. The second-order valence-corrected chi connectivity index (χ2v) is 6.27. The Balaban J connectivity index is 1.56. The Kier molecular flexibility index (Phi) is 6.56. The van der Waals surface area contributed by atoms with E-state index in [1.54, 1.807) is 24.1 Å². The molecule has 0 aliphatic heterocycles. The molecule has 8 nitrogen and oxygen atoms in total. The Labute approximate surface area is 161 Å². The molecule has 0 spiro atoms. The van der Waals surface area contributed by atoms with Crippen LogP contribution in [0, 0.1) is 0 Å². The number of halogens is 1. The Morgan fingerprint density at radius 2 is 2.11 bits per heavy atom. The lowest BCUT2D eigenvalue weighted by Crippen LogP contribution is -2.29. The van der Waals surface area contributed by atoms with E-state index >= 15 is 0 Å². The highest BCUT2D eigenvalue weighted by Gasteiger charge is 2.10. The molecule has 2 N–H and O–H groups in total. The second kappa shape index (κ2) is 9.29. The summed E-state index contributed by atoms with van der Waals surface area (Å²) in [5, 5.41) is 11.9. The van der Waals surface area contributed by atoms with Crippen molar-refractivity contribution in [3.05, 3.63) is 47.4 Å². The van der Waals surface area contributed by atoms with Crippen molar-refractivity contribution < 1.29 is 9.53 Å². The molecule has 1 aromatic carbocycles. The quantitative estimate of drug-likeness (QED) is 0.544. The lowest BCUT2D eigenvalue weighted by molar-refractivity contribution is -0.120. The maximum Gasteiger partial charge on any atom is 0.224 e. The van der Waals surface area contributed by atoms with E-state index in [0.717, 1.165) is 10.9 Å². The van der Waals surface area contributed by atoms with Gasteiger partial charge in [0.15, 0.2) is 5.65 Å². The third kappa shape index (κ3) is 4.93. The van der Waals surface area contributed by atoms with Crippen LogP contribution in [-0.4, -0.2) is 52.5 Å². The van der Waals surface area contributed by atoms with Gasteiger partial charge in [0.2, 0.25) is 5.91 Å². The average Bonchev–Trinajstić information content (AvgIpc) is 3.08. The van der Waals surface area contributed by atoms with Crippen LogP contribution in [-0.2, 0) is 22.5 Å². The highest BCUT2D eigenvalue weighted by Crippen LogP contribution is 2.18. The smallest absolute Gasteiger partial charge is 0.224 e. The predicted octanol–water partition coefficient (Wildman–Crippen LogP) is 1.90. The van der Waals surface area contributed by atoms with Gasteiger partial charge in [-0.1, -0.05) is 29.8 Å². The molecule has 2 heterocycles. The Bertz CT molecular complexity index is 914. The fourth-order valence-electron chi connectivity index (χ4n) is 2.65. The minimum atomic E-state index is -0.0869. The van der Waals surface area contributed by atoms with E-state index in [1.165, 1.54) is 6.33 Å². The van der Waals surface area contributed by atoms with Crippen LogP contribution < -0.4 is 10.6 Å². The second-order valence-electron chi connectivity index (χ2n) is 5.86.